The fourth-order valence-electron chi connectivity index (χ4n) is 3.32. The molecule has 0 aromatic heterocycles. The van der Waals surface area contributed by atoms with Crippen LogP contribution in [0.3, 0.4) is 0 Å². The molecule has 1 heterocycles. The molecule has 1 aliphatic heterocycles. The number of para-hydroxylation sites is 1. The minimum absolute atomic E-state index is 0.628. The molecule has 0 radical (unpaired) electrons. The molecule has 19 heavy (non-hydrogen) atoms. The van der Waals surface area contributed by atoms with Crippen LogP contribution >= 0.6 is 0 Å². The van der Waals surface area contributed by atoms with Crippen molar-refractivity contribution in [3.63, 3.8) is 0 Å². The number of likely N-dealkylation sites (N-methyl/N-ethyl adjacent to an activating group) is 1. The van der Waals surface area contributed by atoms with Crippen molar-refractivity contribution in [2.24, 2.45) is 5.73 Å². The number of anilines is 1. The van der Waals surface area contributed by atoms with Crippen LogP contribution in [-0.2, 0) is 6.54 Å². The van der Waals surface area contributed by atoms with Crippen LogP contribution in [0.25, 0.3) is 0 Å². The Labute approximate surface area is 117 Å². The van der Waals surface area contributed by atoms with Crippen molar-refractivity contribution in [3.8, 4) is 0 Å². The molecular weight excluding hydrogens is 234 g/mol. The minimum Gasteiger partial charge on any atom is -0.369 e. The van der Waals surface area contributed by atoms with Crippen LogP contribution < -0.4 is 10.6 Å². The summed E-state index contributed by atoms with van der Waals surface area (Å²) in [7, 11) is 0. The lowest BCUT2D eigenvalue weighted by atomic mass is 10.1. The van der Waals surface area contributed by atoms with E-state index in [0.717, 1.165) is 26.2 Å². The molecule has 106 valence electrons. The maximum Gasteiger partial charge on any atom is 0.0442 e. The lowest BCUT2D eigenvalue weighted by Gasteiger charge is -2.28. The number of rotatable bonds is 5. The van der Waals surface area contributed by atoms with Crippen LogP contribution in [0.5, 0.6) is 0 Å². The van der Waals surface area contributed by atoms with Gasteiger partial charge in [0.05, 0.1) is 0 Å². The zero-order valence-corrected chi connectivity index (χ0v) is 12.5. The van der Waals surface area contributed by atoms with Crippen molar-refractivity contribution in [1.29, 1.82) is 0 Å². The Morgan fingerprint density at radius 2 is 2.05 bits per heavy atom. The van der Waals surface area contributed by atoms with E-state index in [1.165, 1.54) is 23.2 Å². The van der Waals surface area contributed by atoms with E-state index in [2.05, 4.69) is 48.8 Å². The lowest BCUT2D eigenvalue weighted by Crippen LogP contribution is -2.37. The third-order valence-electron chi connectivity index (χ3n) is 4.35. The van der Waals surface area contributed by atoms with E-state index in [1.807, 2.05) is 0 Å². The summed E-state index contributed by atoms with van der Waals surface area (Å²) in [6.45, 7) is 11.9. The van der Waals surface area contributed by atoms with Crippen molar-refractivity contribution in [3.05, 3.63) is 29.3 Å². The molecule has 1 unspecified atom stereocenters. The first-order valence-electron chi connectivity index (χ1n) is 7.48. The van der Waals surface area contributed by atoms with Gasteiger partial charge in [-0.25, -0.2) is 0 Å². The van der Waals surface area contributed by atoms with Crippen molar-refractivity contribution in [1.82, 2.24) is 4.90 Å². The normalized spacial score (nSPS) is 19.4. The van der Waals surface area contributed by atoms with Gasteiger partial charge in [0, 0.05) is 31.4 Å². The Hall–Kier alpha value is -1.06. The van der Waals surface area contributed by atoms with Gasteiger partial charge in [-0.1, -0.05) is 32.0 Å². The third-order valence-corrected chi connectivity index (χ3v) is 4.35. The fourth-order valence-corrected chi connectivity index (χ4v) is 3.32. The summed E-state index contributed by atoms with van der Waals surface area (Å²) in [6.07, 6.45) is 1.26. The topological polar surface area (TPSA) is 32.5 Å². The average molecular weight is 261 g/mol. The highest BCUT2D eigenvalue weighted by Gasteiger charge is 2.27. The minimum atomic E-state index is 0.628. The molecule has 3 heteroatoms. The van der Waals surface area contributed by atoms with Crippen molar-refractivity contribution >= 4 is 5.69 Å². The fraction of sp³-hybridized carbons (Fsp3) is 0.625. The van der Waals surface area contributed by atoms with Gasteiger partial charge in [0.1, 0.15) is 0 Å². The van der Waals surface area contributed by atoms with Crippen LogP contribution in [0.2, 0.25) is 0 Å². The van der Waals surface area contributed by atoms with Gasteiger partial charge in [-0.3, -0.25) is 4.90 Å². The molecule has 2 N–H and O–H groups in total. The van der Waals surface area contributed by atoms with E-state index >= 15 is 0 Å². The quantitative estimate of drug-likeness (QED) is 0.883. The number of nitrogens with two attached hydrogens (primary N) is 1. The summed E-state index contributed by atoms with van der Waals surface area (Å²) in [4.78, 5) is 5.10. The Bertz CT molecular complexity index is 412. The van der Waals surface area contributed by atoms with E-state index in [0.29, 0.717) is 12.6 Å². The van der Waals surface area contributed by atoms with Gasteiger partial charge in [0.2, 0.25) is 0 Å². The van der Waals surface area contributed by atoms with Gasteiger partial charge >= 0.3 is 0 Å². The molecule has 1 aromatic rings. The van der Waals surface area contributed by atoms with Crippen LogP contribution in [0.1, 0.15) is 31.4 Å². The second kappa shape index (κ2) is 6.40. The average Bonchev–Trinajstić information content (AvgIpc) is 2.89. The first-order valence-corrected chi connectivity index (χ1v) is 7.48. The highest BCUT2D eigenvalue weighted by Crippen LogP contribution is 2.29. The molecule has 2 rings (SSSR count). The van der Waals surface area contributed by atoms with E-state index in [-0.39, 0.29) is 0 Å². The number of nitrogens with zero attached hydrogens (tertiary/aromatic N) is 2. The maximum atomic E-state index is 5.90. The molecule has 1 aliphatic rings. The van der Waals surface area contributed by atoms with Crippen molar-refractivity contribution in [2.45, 2.75) is 39.8 Å². The monoisotopic (exact) mass is 261 g/mol. The largest absolute Gasteiger partial charge is 0.369 e. The first-order chi connectivity index (χ1) is 9.21. The molecule has 0 saturated carbocycles. The Balaban J connectivity index is 2.17. The Morgan fingerprint density at radius 3 is 2.68 bits per heavy atom. The SMILES string of the molecule is CCN(CC)C1CCN(c2c(C)cccc2CN)C1. The molecule has 0 bridgehead atoms. The van der Waals surface area contributed by atoms with Crippen LogP contribution in [-0.4, -0.2) is 37.1 Å². The summed E-state index contributed by atoms with van der Waals surface area (Å²) in [5.41, 5.74) is 9.90. The summed E-state index contributed by atoms with van der Waals surface area (Å²) in [5, 5.41) is 0. The number of aryl methyl sites for hydroxylation is 1. The Morgan fingerprint density at radius 1 is 1.32 bits per heavy atom. The molecule has 1 atom stereocenters. The highest BCUT2D eigenvalue weighted by atomic mass is 15.3. The van der Waals surface area contributed by atoms with E-state index in [9.17, 15) is 0 Å². The zero-order chi connectivity index (χ0) is 13.8. The second-order valence-electron chi connectivity index (χ2n) is 5.40. The standard InChI is InChI=1S/C16H27N3/c1-4-18(5-2)15-9-10-19(12-15)16-13(3)7-6-8-14(16)11-17/h6-8,15H,4-5,9-12,17H2,1-3H3. The lowest BCUT2D eigenvalue weighted by molar-refractivity contribution is 0.232. The van der Waals surface area contributed by atoms with Crippen molar-refractivity contribution in [2.75, 3.05) is 31.1 Å². The van der Waals surface area contributed by atoms with Crippen molar-refractivity contribution < 1.29 is 0 Å². The molecule has 0 spiro atoms. The van der Waals surface area contributed by atoms with Gasteiger partial charge in [0.25, 0.3) is 0 Å². The summed E-state index contributed by atoms with van der Waals surface area (Å²) in [5.74, 6) is 0. The van der Waals surface area contributed by atoms with Gasteiger partial charge in [-0.15, -0.1) is 0 Å². The number of hydrogen-bond donors (Lipinski definition) is 1. The van der Waals surface area contributed by atoms with Gasteiger partial charge in [-0.2, -0.15) is 0 Å². The molecule has 0 aliphatic carbocycles. The first kappa shape index (κ1) is 14.4. The summed E-state index contributed by atoms with van der Waals surface area (Å²) in [6, 6.07) is 7.16. The predicted molar refractivity (Wildman–Crippen MR) is 82.6 cm³/mol. The molecule has 1 fully saturated rings. The second-order valence-corrected chi connectivity index (χ2v) is 5.40. The molecule has 1 saturated heterocycles. The van der Waals surface area contributed by atoms with Crippen LogP contribution in [0.15, 0.2) is 18.2 Å². The van der Waals surface area contributed by atoms with Gasteiger partial charge in [0.15, 0.2) is 0 Å². The van der Waals surface area contributed by atoms with E-state index in [4.69, 9.17) is 5.73 Å². The van der Waals surface area contributed by atoms with E-state index in [1.54, 1.807) is 0 Å². The summed E-state index contributed by atoms with van der Waals surface area (Å²) >= 11 is 0. The molecule has 1 aromatic carbocycles. The third kappa shape index (κ3) is 2.93. The number of hydrogen-bond acceptors (Lipinski definition) is 3. The predicted octanol–water partition coefficient (Wildman–Crippen LogP) is 2.37. The smallest absolute Gasteiger partial charge is 0.0442 e. The maximum absolute atomic E-state index is 5.90. The zero-order valence-electron chi connectivity index (χ0n) is 12.5. The van der Waals surface area contributed by atoms with Crippen LogP contribution in [0.4, 0.5) is 5.69 Å². The highest BCUT2D eigenvalue weighted by molar-refractivity contribution is 5.60. The van der Waals surface area contributed by atoms with Crippen LogP contribution in [0, 0.1) is 6.92 Å². The van der Waals surface area contributed by atoms with E-state index < -0.39 is 0 Å². The number of benzene rings is 1. The molecular formula is C16H27N3. The molecule has 0 amide bonds. The Kier molecular flexibility index (Phi) is 4.83. The molecule has 3 nitrogen and oxygen atoms in total. The summed E-state index contributed by atoms with van der Waals surface area (Å²) < 4.78 is 0. The van der Waals surface area contributed by atoms with Gasteiger partial charge < -0.3 is 10.6 Å². The van der Waals surface area contributed by atoms with Gasteiger partial charge in [-0.05, 0) is 37.6 Å².